The summed E-state index contributed by atoms with van der Waals surface area (Å²) in [7, 11) is -0.636. The molecule has 9 heteroatoms. The minimum atomic E-state index is -3.61. The Morgan fingerprint density at radius 1 is 0.964 bits per heavy atom. The maximum atomic E-state index is 13.3. The zero-order valence-electron chi connectivity index (χ0n) is 15.8. The lowest BCUT2D eigenvalue weighted by molar-refractivity contribution is -0.00000933. The van der Waals surface area contributed by atoms with Gasteiger partial charge in [0, 0.05) is 38.8 Å². The zero-order chi connectivity index (χ0) is 19.4. The summed E-state index contributed by atoms with van der Waals surface area (Å²) in [6, 6.07) is 11.1. The SMILES string of the molecule is COc1ccc(S(=O)(=O)N2CCN(Cc3cccc(F)c3)CC2)cc1OC.[Cl-]. The highest BCUT2D eigenvalue weighted by molar-refractivity contribution is 7.89. The Morgan fingerprint density at radius 3 is 2.25 bits per heavy atom. The molecule has 1 heterocycles. The molecule has 0 saturated carbocycles. The predicted molar refractivity (Wildman–Crippen MR) is 100.0 cm³/mol. The van der Waals surface area contributed by atoms with Crippen molar-refractivity contribution in [3.05, 3.63) is 53.8 Å². The van der Waals surface area contributed by atoms with Crippen LogP contribution in [0.1, 0.15) is 5.56 Å². The number of hydrogen-bond donors (Lipinski definition) is 0. The monoisotopic (exact) mass is 429 g/mol. The molecule has 0 spiro atoms. The first-order valence-corrected chi connectivity index (χ1v) is 10.1. The maximum Gasteiger partial charge on any atom is 0.243 e. The van der Waals surface area contributed by atoms with Crippen LogP contribution in [0.25, 0.3) is 0 Å². The van der Waals surface area contributed by atoms with Crippen LogP contribution in [0.15, 0.2) is 47.4 Å². The topological polar surface area (TPSA) is 59.1 Å². The molecule has 0 aliphatic carbocycles. The van der Waals surface area contributed by atoms with E-state index in [4.69, 9.17) is 9.47 Å². The molecule has 2 aromatic carbocycles. The fraction of sp³-hybridized carbons (Fsp3) is 0.368. The smallest absolute Gasteiger partial charge is 0.243 e. The molecule has 0 aromatic heterocycles. The Balaban J connectivity index is 0.00000280. The summed E-state index contributed by atoms with van der Waals surface area (Å²) in [5, 5.41) is 0. The Hall–Kier alpha value is -1.87. The van der Waals surface area contributed by atoms with Gasteiger partial charge in [0.25, 0.3) is 0 Å². The molecule has 2 aromatic rings. The highest BCUT2D eigenvalue weighted by atomic mass is 35.5. The third kappa shape index (κ3) is 4.94. The van der Waals surface area contributed by atoms with Crippen molar-refractivity contribution in [2.24, 2.45) is 0 Å². The molecule has 3 rings (SSSR count). The quantitative estimate of drug-likeness (QED) is 0.611. The number of ether oxygens (including phenoxy) is 2. The second kappa shape index (κ2) is 9.56. The molecule has 0 amide bonds. The number of sulfonamides is 1. The van der Waals surface area contributed by atoms with Crippen LogP contribution in [0.3, 0.4) is 0 Å². The lowest BCUT2D eigenvalue weighted by atomic mass is 10.2. The van der Waals surface area contributed by atoms with E-state index in [9.17, 15) is 12.8 Å². The highest BCUT2D eigenvalue weighted by Gasteiger charge is 2.29. The molecule has 1 aliphatic heterocycles. The first kappa shape index (κ1) is 22.4. The molecular weight excluding hydrogens is 407 g/mol. The number of methoxy groups -OCH3 is 2. The summed E-state index contributed by atoms with van der Waals surface area (Å²) in [6.07, 6.45) is 0. The first-order chi connectivity index (χ1) is 12.9. The van der Waals surface area contributed by atoms with Crippen LogP contribution in [0.5, 0.6) is 11.5 Å². The van der Waals surface area contributed by atoms with Gasteiger partial charge in [0.2, 0.25) is 10.0 Å². The van der Waals surface area contributed by atoms with Crippen LogP contribution in [0.2, 0.25) is 0 Å². The van der Waals surface area contributed by atoms with Gasteiger partial charge < -0.3 is 21.9 Å². The molecule has 0 atom stereocenters. The molecule has 6 nitrogen and oxygen atoms in total. The molecule has 1 aliphatic rings. The lowest BCUT2D eigenvalue weighted by Crippen LogP contribution is -3.00. The summed E-state index contributed by atoms with van der Waals surface area (Å²) in [6.45, 7) is 2.53. The van der Waals surface area contributed by atoms with E-state index in [1.807, 2.05) is 6.07 Å². The molecule has 0 radical (unpaired) electrons. The number of halogens is 2. The summed E-state index contributed by atoms with van der Waals surface area (Å²) in [5.41, 5.74) is 0.881. The van der Waals surface area contributed by atoms with E-state index in [-0.39, 0.29) is 23.1 Å². The molecule has 0 bridgehead atoms. The number of benzene rings is 2. The van der Waals surface area contributed by atoms with Gasteiger partial charge in [0.15, 0.2) is 11.5 Å². The zero-order valence-corrected chi connectivity index (χ0v) is 17.3. The lowest BCUT2D eigenvalue weighted by Gasteiger charge is -2.34. The van der Waals surface area contributed by atoms with E-state index in [1.165, 1.54) is 42.8 Å². The molecule has 28 heavy (non-hydrogen) atoms. The van der Waals surface area contributed by atoms with E-state index >= 15 is 0 Å². The Bertz CT molecular complexity index is 903. The molecule has 154 valence electrons. The van der Waals surface area contributed by atoms with Crippen molar-refractivity contribution in [2.75, 3.05) is 40.4 Å². The van der Waals surface area contributed by atoms with E-state index < -0.39 is 10.0 Å². The van der Waals surface area contributed by atoms with E-state index in [0.717, 1.165) is 5.56 Å². The van der Waals surface area contributed by atoms with E-state index in [2.05, 4.69) is 4.90 Å². The van der Waals surface area contributed by atoms with Crippen molar-refractivity contribution in [2.45, 2.75) is 11.4 Å². The molecular formula is C19H23ClFN2O4S-. The van der Waals surface area contributed by atoms with Crippen molar-refractivity contribution in [1.82, 2.24) is 9.21 Å². The van der Waals surface area contributed by atoms with Crippen molar-refractivity contribution in [3.63, 3.8) is 0 Å². The largest absolute Gasteiger partial charge is 1.00 e. The van der Waals surface area contributed by atoms with Crippen molar-refractivity contribution in [1.29, 1.82) is 0 Å². The fourth-order valence-electron chi connectivity index (χ4n) is 3.15. The predicted octanol–water partition coefficient (Wildman–Crippen LogP) is -0.647. The van der Waals surface area contributed by atoms with E-state index in [1.54, 1.807) is 12.1 Å². The van der Waals surface area contributed by atoms with Gasteiger partial charge >= 0.3 is 0 Å². The van der Waals surface area contributed by atoms with Gasteiger partial charge in [-0.15, -0.1) is 0 Å². The molecule has 1 saturated heterocycles. The third-order valence-corrected chi connectivity index (χ3v) is 6.51. The van der Waals surface area contributed by atoms with Crippen LogP contribution >= 0.6 is 0 Å². The van der Waals surface area contributed by atoms with Crippen LogP contribution in [0.4, 0.5) is 4.39 Å². The molecule has 0 N–H and O–H groups in total. The van der Waals surface area contributed by atoms with Gasteiger partial charge in [0.1, 0.15) is 5.82 Å². The second-order valence-corrected chi connectivity index (χ2v) is 8.26. The number of nitrogens with zero attached hydrogens (tertiary/aromatic N) is 2. The number of hydrogen-bond acceptors (Lipinski definition) is 5. The minimum Gasteiger partial charge on any atom is -1.00 e. The average molecular weight is 430 g/mol. The van der Waals surface area contributed by atoms with Gasteiger partial charge in [0.05, 0.1) is 19.1 Å². The van der Waals surface area contributed by atoms with Crippen molar-refractivity contribution < 1.29 is 34.7 Å². The Labute approximate surface area is 171 Å². The van der Waals surface area contributed by atoms with Crippen LogP contribution in [-0.2, 0) is 16.6 Å². The summed E-state index contributed by atoms with van der Waals surface area (Å²) in [5.74, 6) is 0.599. The standard InChI is InChI=1S/C19H23FN2O4S.ClH/c1-25-18-7-6-17(13-19(18)26-2)27(23,24)22-10-8-21(9-11-22)14-15-4-3-5-16(20)12-15;/h3-7,12-13H,8-11,14H2,1-2H3;1H/p-1. The molecule has 1 fully saturated rings. The summed E-state index contributed by atoms with van der Waals surface area (Å²) < 4.78 is 51.0. The molecule has 0 unspecified atom stereocenters. The van der Waals surface area contributed by atoms with Crippen LogP contribution in [-0.4, -0.2) is 58.0 Å². The second-order valence-electron chi connectivity index (χ2n) is 6.33. The van der Waals surface area contributed by atoms with Gasteiger partial charge in [-0.25, -0.2) is 12.8 Å². The van der Waals surface area contributed by atoms with Crippen molar-refractivity contribution >= 4 is 10.0 Å². The van der Waals surface area contributed by atoms with Gasteiger partial charge in [-0.1, -0.05) is 12.1 Å². The number of rotatable bonds is 6. The van der Waals surface area contributed by atoms with Crippen LogP contribution < -0.4 is 21.9 Å². The Kier molecular flexibility index (Phi) is 7.65. The maximum absolute atomic E-state index is 13.3. The Morgan fingerprint density at radius 2 is 1.64 bits per heavy atom. The van der Waals surface area contributed by atoms with Crippen molar-refractivity contribution in [3.8, 4) is 11.5 Å². The average Bonchev–Trinajstić information content (AvgIpc) is 2.68. The number of piperazine rings is 1. The van der Waals surface area contributed by atoms with E-state index in [0.29, 0.717) is 44.2 Å². The fourth-order valence-corrected chi connectivity index (χ4v) is 4.59. The highest BCUT2D eigenvalue weighted by Crippen LogP contribution is 2.31. The summed E-state index contributed by atoms with van der Waals surface area (Å²) in [4.78, 5) is 2.30. The summed E-state index contributed by atoms with van der Waals surface area (Å²) >= 11 is 0. The van der Waals surface area contributed by atoms with Crippen LogP contribution in [0, 0.1) is 5.82 Å². The first-order valence-electron chi connectivity index (χ1n) is 8.63. The van der Waals surface area contributed by atoms with Gasteiger partial charge in [-0.2, -0.15) is 4.31 Å². The van der Waals surface area contributed by atoms with Gasteiger partial charge in [-0.3, -0.25) is 4.90 Å². The minimum absolute atomic E-state index is 0. The third-order valence-electron chi connectivity index (χ3n) is 4.62. The normalized spacial score (nSPS) is 15.7. The van der Waals surface area contributed by atoms with Gasteiger partial charge in [-0.05, 0) is 29.8 Å².